The minimum atomic E-state index is -0.398. The van der Waals surface area contributed by atoms with Crippen molar-refractivity contribution in [1.29, 1.82) is 5.26 Å². The van der Waals surface area contributed by atoms with E-state index in [1.165, 1.54) is 12.2 Å². The predicted molar refractivity (Wildman–Crippen MR) is 317 cm³/mol. The zero-order chi connectivity index (χ0) is 57.6. The first-order chi connectivity index (χ1) is 40.2. The molecule has 7 rings (SSSR count). The first-order valence-corrected chi connectivity index (χ1v) is 29.9. The first-order valence-electron chi connectivity index (χ1n) is 29.1. The number of carbonyl (C=O) groups excluding carboxylic acids is 4. The Bertz CT molecular complexity index is 2830. The maximum Gasteiger partial charge on any atom is 0.330 e. The second-order valence-electron chi connectivity index (χ2n) is 20.8. The Labute approximate surface area is 486 Å². The highest BCUT2D eigenvalue weighted by atomic mass is 32.1. The van der Waals surface area contributed by atoms with E-state index in [-0.39, 0.29) is 35.6 Å². The molecule has 4 aromatic carbocycles. The minimum absolute atomic E-state index is 0.193. The van der Waals surface area contributed by atoms with Crippen LogP contribution in [0.4, 0.5) is 5.13 Å². The fraction of sp³-hybridized carbons (Fsp3) is 0.462. The molecule has 5 aromatic rings. The van der Waals surface area contributed by atoms with Crippen LogP contribution in [0.1, 0.15) is 128 Å². The van der Waals surface area contributed by atoms with Crippen LogP contribution >= 0.6 is 11.3 Å². The molecule has 17 heteroatoms. The Morgan fingerprint density at radius 3 is 1.61 bits per heavy atom. The molecule has 16 nitrogen and oxygen atoms in total. The van der Waals surface area contributed by atoms with Gasteiger partial charge in [0.05, 0.1) is 74.0 Å². The molecule has 0 atom stereocenters. The summed E-state index contributed by atoms with van der Waals surface area (Å²) in [5.74, 6) is 2.61. The molecule has 2 aliphatic carbocycles. The van der Waals surface area contributed by atoms with Crippen LogP contribution in [0, 0.1) is 35.0 Å². The number of benzene rings is 4. The van der Waals surface area contributed by atoms with Gasteiger partial charge in [-0.1, -0.05) is 36.6 Å². The Balaban J connectivity index is 0.880. The summed E-state index contributed by atoms with van der Waals surface area (Å²) < 4.78 is 47.5. The van der Waals surface area contributed by atoms with Crippen LogP contribution in [0.25, 0.3) is 10.2 Å². The minimum Gasteiger partial charge on any atom is -0.494 e. The van der Waals surface area contributed by atoms with E-state index < -0.39 is 11.9 Å². The van der Waals surface area contributed by atoms with E-state index in [1.54, 1.807) is 41.8 Å². The SMILES string of the molecule is C=CC(=O)OCCCCCCOc1ccc(OC(=O)C2CCC(COc3ccc(OCC4CCC(C(=O)Oc5ccc(OCCCCCCOC(=O)C=C)cc5)CC4)c(/C=N/N(CCCCC#N)c4nc5ccccc5s4)c3)CC2)cc1. The third-order valence-corrected chi connectivity index (χ3v) is 15.6. The van der Waals surface area contributed by atoms with E-state index in [2.05, 4.69) is 19.2 Å². The van der Waals surface area contributed by atoms with E-state index in [9.17, 15) is 24.4 Å². The molecule has 0 amide bonds. The van der Waals surface area contributed by atoms with Crippen LogP contribution in [-0.4, -0.2) is 81.3 Å². The number of thiazole rings is 1. The van der Waals surface area contributed by atoms with E-state index in [0.29, 0.717) is 113 Å². The number of esters is 4. The molecule has 1 aromatic heterocycles. The molecular weight excluding hydrogens is 1060 g/mol. The number of hydrogen-bond donors (Lipinski definition) is 0. The Morgan fingerprint density at radius 2 is 1.09 bits per heavy atom. The number of hydrazone groups is 1. The van der Waals surface area contributed by atoms with E-state index >= 15 is 0 Å². The summed E-state index contributed by atoms with van der Waals surface area (Å²) in [7, 11) is 0. The van der Waals surface area contributed by atoms with Gasteiger partial charge in [-0.2, -0.15) is 10.4 Å². The van der Waals surface area contributed by atoms with Crippen molar-refractivity contribution in [1.82, 2.24) is 4.98 Å². The van der Waals surface area contributed by atoms with Gasteiger partial charge < -0.3 is 37.9 Å². The quantitative estimate of drug-likeness (QED) is 0.00927. The highest BCUT2D eigenvalue weighted by molar-refractivity contribution is 7.22. The van der Waals surface area contributed by atoms with Gasteiger partial charge in [0.15, 0.2) is 0 Å². The zero-order valence-corrected chi connectivity index (χ0v) is 47.9. The van der Waals surface area contributed by atoms with Crippen LogP contribution in [0.5, 0.6) is 34.5 Å². The lowest BCUT2D eigenvalue weighted by molar-refractivity contribution is -0.141. The number of carbonyl (C=O) groups is 4. The maximum atomic E-state index is 13.3. The van der Waals surface area contributed by atoms with Crippen LogP contribution in [0.15, 0.2) is 121 Å². The summed E-state index contributed by atoms with van der Waals surface area (Å²) >= 11 is 1.57. The fourth-order valence-corrected chi connectivity index (χ4v) is 10.7. The largest absolute Gasteiger partial charge is 0.494 e. The predicted octanol–water partition coefficient (Wildman–Crippen LogP) is 13.7. The topological polar surface area (TPSA) is 194 Å². The molecule has 0 radical (unpaired) electrons. The number of nitriles is 1. The van der Waals surface area contributed by atoms with Gasteiger partial charge in [0, 0.05) is 30.7 Å². The van der Waals surface area contributed by atoms with Crippen molar-refractivity contribution >= 4 is 56.8 Å². The highest BCUT2D eigenvalue weighted by Gasteiger charge is 2.30. The van der Waals surface area contributed by atoms with Gasteiger partial charge in [0.2, 0.25) is 5.13 Å². The van der Waals surface area contributed by atoms with Crippen molar-refractivity contribution in [2.45, 2.75) is 122 Å². The van der Waals surface area contributed by atoms with Crippen molar-refractivity contribution in [3.8, 4) is 40.6 Å². The van der Waals surface area contributed by atoms with Gasteiger partial charge in [0.1, 0.15) is 34.5 Å². The van der Waals surface area contributed by atoms with Gasteiger partial charge in [-0.25, -0.2) is 19.6 Å². The number of hydrogen-bond acceptors (Lipinski definition) is 17. The summed E-state index contributed by atoms with van der Waals surface area (Å²) in [5, 5.41) is 16.9. The van der Waals surface area contributed by atoms with Crippen LogP contribution in [0.2, 0.25) is 0 Å². The number of para-hydroxylation sites is 1. The number of fused-ring (bicyclic) bond motifs is 1. The van der Waals surface area contributed by atoms with Gasteiger partial charge in [0.25, 0.3) is 0 Å². The van der Waals surface area contributed by atoms with Crippen molar-refractivity contribution in [3.05, 3.63) is 122 Å². The van der Waals surface area contributed by atoms with Crippen LogP contribution in [0.3, 0.4) is 0 Å². The highest BCUT2D eigenvalue weighted by Crippen LogP contribution is 2.35. The lowest BCUT2D eigenvalue weighted by Crippen LogP contribution is -2.28. The lowest BCUT2D eigenvalue weighted by atomic mass is 9.82. The van der Waals surface area contributed by atoms with E-state index in [4.69, 9.17) is 48.0 Å². The normalized spacial score (nSPS) is 16.8. The zero-order valence-electron chi connectivity index (χ0n) is 47.1. The first kappa shape index (κ1) is 61.9. The third-order valence-electron chi connectivity index (χ3n) is 14.6. The van der Waals surface area contributed by atoms with Gasteiger partial charge in [-0.3, -0.25) is 9.59 Å². The molecule has 0 bridgehead atoms. The van der Waals surface area contributed by atoms with Gasteiger partial charge in [-0.05, 0) is 206 Å². The van der Waals surface area contributed by atoms with E-state index in [0.717, 1.165) is 111 Å². The molecule has 2 aliphatic rings. The number of rotatable bonds is 35. The van der Waals surface area contributed by atoms with Gasteiger partial charge >= 0.3 is 23.9 Å². The average Bonchev–Trinajstić information content (AvgIpc) is 4.13. The molecule has 0 N–H and O–H groups in total. The van der Waals surface area contributed by atoms with Crippen LogP contribution < -0.4 is 33.4 Å². The second-order valence-corrected chi connectivity index (χ2v) is 21.8. The van der Waals surface area contributed by atoms with Crippen molar-refractivity contribution in [2.24, 2.45) is 28.8 Å². The molecule has 436 valence electrons. The summed E-state index contributed by atoms with van der Waals surface area (Å²) in [4.78, 5) is 53.8. The number of nitrogens with zero attached hydrogens (tertiary/aromatic N) is 4. The molecular formula is C65H78N4O12S. The van der Waals surface area contributed by atoms with Crippen molar-refractivity contribution < 1.29 is 57.1 Å². The number of ether oxygens (including phenoxy) is 8. The summed E-state index contributed by atoms with van der Waals surface area (Å²) in [6.07, 6.45) is 19.4. The summed E-state index contributed by atoms with van der Waals surface area (Å²) in [6.45, 7) is 10.3. The molecule has 0 spiro atoms. The third kappa shape index (κ3) is 21.3. The van der Waals surface area contributed by atoms with Crippen LogP contribution in [-0.2, 0) is 28.7 Å². The number of aromatic nitrogens is 1. The fourth-order valence-electron chi connectivity index (χ4n) is 9.74. The molecule has 0 unspecified atom stereocenters. The molecule has 2 fully saturated rings. The Hall–Kier alpha value is -7.71. The number of anilines is 1. The van der Waals surface area contributed by atoms with Crippen molar-refractivity contribution in [3.63, 3.8) is 0 Å². The average molecular weight is 1140 g/mol. The van der Waals surface area contributed by atoms with Crippen molar-refractivity contribution in [2.75, 3.05) is 51.2 Å². The molecule has 0 saturated heterocycles. The molecule has 1 heterocycles. The Morgan fingerprint density at radius 1 is 0.585 bits per heavy atom. The molecule has 0 aliphatic heterocycles. The molecule has 82 heavy (non-hydrogen) atoms. The smallest absolute Gasteiger partial charge is 0.330 e. The van der Waals surface area contributed by atoms with Gasteiger partial charge in [-0.15, -0.1) is 0 Å². The standard InChI is InChI=1S/C65H78N4O12S/c1-3-61(70)76-42-16-7-5-14-40-74-53-28-32-55(33-29-53)80-63(72)50-24-20-48(21-25-50)46-78-57-36-37-59(52(44-57)45-67-69(39-13-9-12-38-66)65-68-58-18-10-11-19-60(58)82-65)79-47-49-22-26-51(27-23-49)64(73)81-56-34-30-54(31-35-56)75-41-15-6-8-17-43-77-62(71)4-2/h3-4,10-11,18-19,28-37,44-45,48-51H,1-2,5-9,12-17,20-27,39-43,46-47H2/b67-45+. The summed E-state index contributed by atoms with van der Waals surface area (Å²) in [6, 6.07) is 30.4. The maximum absolute atomic E-state index is 13.3. The number of unbranched alkanes of at least 4 members (excludes halogenated alkanes) is 8. The monoisotopic (exact) mass is 1140 g/mol. The Kier molecular flexibility index (Phi) is 26.1. The second kappa shape index (κ2) is 34.5. The lowest BCUT2D eigenvalue weighted by Gasteiger charge is -2.28. The summed E-state index contributed by atoms with van der Waals surface area (Å²) in [5.41, 5.74) is 1.65. The van der Waals surface area contributed by atoms with E-state index in [1.807, 2.05) is 71.7 Å². The molecule has 2 saturated carbocycles.